The highest BCUT2D eigenvalue weighted by Gasteiger charge is 2.43. The standard InChI is InChI=1S/C15H16N4/c16-8-11-2-1-3-12-13(11)18-15(17)19(12)14(9-4-5-9)10-6-7-10/h1-3,9-10,14H,4-7H2,(H2,17,18). The molecular formula is C15H16N4. The average Bonchev–Trinajstić information content (AvgIpc) is 3.30. The zero-order chi connectivity index (χ0) is 13.0. The third kappa shape index (κ3) is 1.61. The summed E-state index contributed by atoms with van der Waals surface area (Å²) >= 11 is 0. The molecule has 0 saturated heterocycles. The van der Waals surface area contributed by atoms with Gasteiger partial charge in [0.15, 0.2) is 0 Å². The van der Waals surface area contributed by atoms with Gasteiger partial charge in [-0.25, -0.2) is 4.98 Å². The number of benzene rings is 1. The van der Waals surface area contributed by atoms with E-state index in [-0.39, 0.29) is 0 Å². The van der Waals surface area contributed by atoms with E-state index in [1.807, 2.05) is 18.2 Å². The van der Waals surface area contributed by atoms with Crippen LogP contribution >= 0.6 is 0 Å². The first-order valence-corrected chi connectivity index (χ1v) is 6.96. The summed E-state index contributed by atoms with van der Waals surface area (Å²) < 4.78 is 2.20. The smallest absolute Gasteiger partial charge is 0.201 e. The molecule has 1 aromatic carbocycles. The number of nitrogen functional groups attached to an aromatic ring is 1. The molecule has 0 atom stereocenters. The molecule has 2 aliphatic carbocycles. The normalized spacial score (nSPS) is 18.9. The Bertz CT molecular complexity index is 674. The second-order valence-electron chi connectivity index (χ2n) is 5.79. The Balaban J connectivity index is 1.93. The Morgan fingerprint density at radius 2 is 1.95 bits per heavy atom. The lowest BCUT2D eigenvalue weighted by Crippen LogP contribution is -2.15. The summed E-state index contributed by atoms with van der Waals surface area (Å²) in [5, 5.41) is 9.18. The van der Waals surface area contributed by atoms with Gasteiger partial charge >= 0.3 is 0 Å². The van der Waals surface area contributed by atoms with Gasteiger partial charge in [-0.1, -0.05) is 6.07 Å². The molecule has 2 aliphatic rings. The summed E-state index contributed by atoms with van der Waals surface area (Å²) in [6.07, 6.45) is 5.22. The molecule has 2 fully saturated rings. The molecule has 4 rings (SSSR count). The van der Waals surface area contributed by atoms with Crippen LogP contribution in [0.4, 0.5) is 5.95 Å². The van der Waals surface area contributed by atoms with E-state index < -0.39 is 0 Å². The SMILES string of the molecule is N#Cc1cccc2c1nc(N)n2C(C1CC1)C1CC1. The highest BCUT2D eigenvalue weighted by Crippen LogP contribution is 2.53. The van der Waals surface area contributed by atoms with Crippen LogP contribution in [0.2, 0.25) is 0 Å². The van der Waals surface area contributed by atoms with Crippen LogP contribution in [0.1, 0.15) is 37.3 Å². The van der Waals surface area contributed by atoms with Crippen LogP contribution in [0, 0.1) is 23.2 Å². The molecule has 0 spiro atoms. The molecular weight excluding hydrogens is 236 g/mol. The van der Waals surface area contributed by atoms with Gasteiger partial charge in [0.2, 0.25) is 5.95 Å². The molecule has 19 heavy (non-hydrogen) atoms. The van der Waals surface area contributed by atoms with Crippen LogP contribution in [-0.4, -0.2) is 9.55 Å². The number of para-hydroxylation sites is 1. The van der Waals surface area contributed by atoms with Crippen LogP contribution in [0.15, 0.2) is 18.2 Å². The third-order valence-electron chi connectivity index (χ3n) is 4.38. The maximum Gasteiger partial charge on any atom is 0.201 e. The number of nitriles is 1. The summed E-state index contributed by atoms with van der Waals surface area (Å²) in [6, 6.07) is 8.48. The molecule has 96 valence electrons. The topological polar surface area (TPSA) is 67.6 Å². The summed E-state index contributed by atoms with van der Waals surface area (Å²) in [6.45, 7) is 0. The molecule has 4 nitrogen and oxygen atoms in total. The lowest BCUT2D eigenvalue weighted by atomic mass is 10.1. The number of nitrogens with zero attached hydrogens (tertiary/aromatic N) is 3. The first-order chi connectivity index (χ1) is 9.29. The predicted octanol–water partition coefficient (Wildman–Crippen LogP) is 2.85. The van der Waals surface area contributed by atoms with Crippen LogP contribution in [-0.2, 0) is 0 Å². The van der Waals surface area contributed by atoms with Crippen molar-refractivity contribution in [2.24, 2.45) is 11.8 Å². The fourth-order valence-electron chi connectivity index (χ4n) is 3.22. The van der Waals surface area contributed by atoms with Gasteiger partial charge in [0.1, 0.15) is 11.6 Å². The molecule has 0 aliphatic heterocycles. The van der Waals surface area contributed by atoms with Gasteiger partial charge in [-0.15, -0.1) is 0 Å². The molecule has 2 N–H and O–H groups in total. The Labute approximate surface area is 111 Å². The molecule has 2 saturated carbocycles. The van der Waals surface area contributed by atoms with Gasteiger partial charge in [-0.2, -0.15) is 5.26 Å². The zero-order valence-electron chi connectivity index (χ0n) is 10.7. The van der Waals surface area contributed by atoms with Crippen LogP contribution in [0.25, 0.3) is 11.0 Å². The highest BCUT2D eigenvalue weighted by atomic mass is 15.2. The summed E-state index contributed by atoms with van der Waals surface area (Å²) in [5.74, 6) is 2.09. The highest BCUT2D eigenvalue weighted by molar-refractivity contribution is 5.84. The lowest BCUT2D eigenvalue weighted by Gasteiger charge is -2.19. The van der Waals surface area contributed by atoms with Gasteiger partial charge in [0.05, 0.1) is 11.1 Å². The first-order valence-electron chi connectivity index (χ1n) is 6.96. The van der Waals surface area contributed by atoms with E-state index >= 15 is 0 Å². The Morgan fingerprint density at radius 3 is 2.53 bits per heavy atom. The van der Waals surface area contributed by atoms with Gasteiger partial charge in [0.25, 0.3) is 0 Å². The van der Waals surface area contributed by atoms with Crippen molar-refractivity contribution < 1.29 is 0 Å². The van der Waals surface area contributed by atoms with E-state index in [1.165, 1.54) is 25.7 Å². The number of nitrogens with two attached hydrogens (primary N) is 1. The average molecular weight is 252 g/mol. The second kappa shape index (κ2) is 3.74. The number of aromatic nitrogens is 2. The van der Waals surface area contributed by atoms with Crippen LogP contribution < -0.4 is 5.73 Å². The van der Waals surface area contributed by atoms with Gasteiger partial charge < -0.3 is 10.3 Å². The number of hydrogen-bond acceptors (Lipinski definition) is 3. The van der Waals surface area contributed by atoms with Crippen molar-refractivity contribution in [1.29, 1.82) is 5.26 Å². The molecule has 2 aromatic rings. The Hall–Kier alpha value is -2.02. The van der Waals surface area contributed by atoms with Crippen molar-refractivity contribution in [2.75, 3.05) is 5.73 Å². The molecule has 1 heterocycles. The molecule has 0 radical (unpaired) electrons. The van der Waals surface area contributed by atoms with Crippen molar-refractivity contribution in [1.82, 2.24) is 9.55 Å². The van der Waals surface area contributed by atoms with Crippen LogP contribution in [0.3, 0.4) is 0 Å². The van der Waals surface area contributed by atoms with E-state index in [4.69, 9.17) is 5.73 Å². The zero-order valence-corrected chi connectivity index (χ0v) is 10.7. The summed E-state index contributed by atoms with van der Waals surface area (Å²) in [5.41, 5.74) is 8.56. The first kappa shape index (κ1) is 10.9. The van der Waals surface area contributed by atoms with Gasteiger partial charge in [-0.3, -0.25) is 0 Å². The van der Waals surface area contributed by atoms with Crippen molar-refractivity contribution in [3.05, 3.63) is 23.8 Å². The van der Waals surface area contributed by atoms with Crippen molar-refractivity contribution in [3.8, 4) is 6.07 Å². The van der Waals surface area contributed by atoms with Gasteiger partial charge in [-0.05, 0) is 49.7 Å². The summed E-state index contributed by atoms with van der Waals surface area (Å²) in [7, 11) is 0. The number of imidazole rings is 1. The number of fused-ring (bicyclic) bond motifs is 1. The van der Waals surface area contributed by atoms with Crippen molar-refractivity contribution in [2.45, 2.75) is 31.7 Å². The summed E-state index contributed by atoms with van der Waals surface area (Å²) in [4.78, 5) is 4.44. The molecule has 1 aromatic heterocycles. The largest absolute Gasteiger partial charge is 0.369 e. The maximum atomic E-state index is 9.18. The minimum absolute atomic E-state index is 0.499. The predicted molar refractivity (Wildman–Crippen MR) is 73.3 cm³/mol. The number of hydrogen-bond donors (Lipinski definition) is 1. The second-order valence-corrected chi connectivity index (χ2v) is 5.79. The van der Waals surface area contributed by atoms with E-state index in [2.05, 4.69) is 15.6 Å². The molecule has 0 unspecified atom stereocenters. The third-order valence-corrected chi connectivity index (χ3v) is 4.38. The number of anilines is 1. The van der Waals surface area contributed by atoms with E-state index in [0.29, 0.717) is 17.6 Å². The van der Waals surface area contributed by atoms with E-state index in [1.54, 1.807) is 0 Å². The lowest BCUT2D eigenvalue weighted by molar-refractivity contribution is 0.409. The fraction of sp³-hybridized carbons (Fsp3) is 0.467. The Kier molecular flexibility index (Phi) is 2.14. The fourth-order valence-corrected chi connectivity index (χ4v) is 3.22. The van der Waals surface area contributed by atoms with Crippen molar-refractivity contribution >= 4 is 17.0 Å². The maximum absolute atomic E-state index is 9.18. The molecule has 0 bridgehead atoms. The number of rotatable bonds is 3. The van der Waals surface area contributed by atoms with E-state index in [9.17, 15) is 5.26 Å². The molecule has 4 heteroatoms. The van der Waals surface area contributed by atoms with E-state index in [0.717, 1.165) is 22.9 Å². The minimum atomic E-state index is 0.499. The monoisotopic (exact) mass is 252 g/mol. The van der Waals surface area contributed by atoms with Crippen molar-refractivity contribution in [3.63, 3.8) is 0 Å². The van der Waals surface area contributed by atoms with Gasteiger partial charge in [0, 0.05) is 6.04 Å². The minimum Gasteiger partial charge on any atom is -0.369 e. The van der Waals surface area contributed by atoms with Crippen LogP contribution in [0.5, 0.6) is 0 Å². The molecule has 0 amide bonds. The quantitative estimate of drug-likeness (QED) is 0.913. The Morgan fingerprint density at radius 1 is 1.26 bits per heavy atom.